The minimum atomic E-state index is -3.70. The van der Waals surface area contributed by atoms with Crippen LogP contribution in [-0.4, -0.2) is 23.0 Å². The first-order chi connectivity index (χ1) is 8.38. The average molecular weight is 287 g/mol. The molecule has 0 aromatic carbocycles. The van der Waals surface area contributed by atoms with E-state index in [1.807, 2.05) is 0 Å². The van der Waals surface area contributed by atoms with Crippen molar-refractivity contribution in [2.75, 3.05) is 4.72 Å². The number of hydrogen-bond acceptors (Lipinski definition) is 4. The van der Waals surface area contributed by atoms with Crippen molar-refractivity contribution >= 4 is 27.3 Å². The highest BCUT2D eigenvalue weighted by atomic mass is 35.5. The number of aromatic nitrogens is 3. The van der Waals surface area contributed by atoms with Crippen molar-refractivity contribution in [3.05, 3.63) is 35.5 Å². The summed E-state index contributed by atoms with van der Waals surface area (Å²) in [6.07, 6.45) is 2.87. The first kappa shape index (κ1) is 12.8. The lowest BCUT2D eigenvalue weighted by Gasteiger charge is -2.05. The molecule has 2 aromatic rings. The maximum Gasteiger partial charge on any atom is 0.280 e. The minimum absolute atomic E-state index is 0.0320. The lowest BCUT2D eigenvalue weighted by atomic mass is 10.4. The molecule has 1 N–H and O–H groups in total. The summed E-state index contributed by atoms with van der Waals surface area (Å²) in [6, 6.07) is 2.94. The smallest absolute Gasteiger partial charge is 0.280 e. The molecule has 0 fully saturated rings. The van der Waals surface area contributed by atoms with E-state index in [9.17, 15) is 8.42 Å². The predicted molar refractivity (Wildman–Crippen MR) is 68.0 cm³/mol. The first-order valence-electron chi connectivity index (χ1n) is 5.03. The number of rotatable bonds is 3. The van der Waals surface area contributed by atoms with Gasteiger partial charge in [-0.1, -0.05) is 11.6 Å². The van der Waals surface area contributed by atoms with Crippen molar-refractivity contribution in [3.63, 3.8) is 0 Å². The molecule has 0 bridgehead atoms. The van der Waals surface area contributed by atoms with Crippen LogP contribution in [0.4, 0.5) is 5.69 Å². The van der Waals surface area contributed by atoms with E-state index < -0.39 is 10.0 Å². The van der Waals surface area contributed by atoms with E-state index in [0.717, 1.165) is 0 Å². The highest BCUT2D eigenvalue weighted by Crippen LogP contribution is 2.17. The Kier molecular flexibility index (Phi) is 3.27. The molecule has 2 aromatic heterocycles. The van der Waals surface area contributed by atoms with Crippen LogP contribution in [0.25, 0.3) is 0 Å². The fourth-order valence-electron chi connectivity index (χ4n) is 1.33. The molecule has 96 valence electrons. The Balaban J connectivity index is 2.33. The summed E-state index contributed by atoms with van der Waals surface area (Å²) < 4.78 is 28.1. The van der Waals surface area contributed by atoms with Crippen molar-refractivity contribution in [3.8, 4) is 0 Å². The number of aryl methyl sites for hydroxylation is 2. The van der Waals surface area contributed by atoms with Crippen LogP contribution in [0, 0.1) is 6.92 Å². The standard InChI is InChI=1S/C10H11ClN4O2S/c1-7-13-10(6-15(7)2)18(16,17)14-8-3-4-12-9(11)5-8/h3-6H,1-2H3,(H,12,14). The van der Waals surface area contributed by atoms with Gasteiger partial charge in [-0.25, -0.2) is 9.97 Å². The monoisotopic (exact) mass is 286 g/mol. The quantitative estimate of drug-likeness (QED) is 0.869. The van der Waals surface area contributed by atoms with E-state index in [1.165, 1.54) is 24.5 Å². The summed E-state index contributed by atoms with van der Waals surface area (Å²) in [6.45, 7) is 1.72. The molecule has 2 rings (SSSR count). The number of imidazole rings is 1. The Hall–Kier alpha value is -1.60. The molecule has 0 atom stereocenters. The zero-order valence-corrected chi connectivity index (χ0v) is 11.3. The minimum Gasteiger partial charge on any atom is -0.337 e. The molecule has 8 heteroatoms. The van der Waals surface area contributed by atoms with Gasteiger partial charge < -0.3 is 4.57 Å². The van der Waals surface area contributed by atoms with Crippen LogP contribution in [0.3, 0.4) is 0 Å². The van der Waals surface area contributed by atoms with Gasteiger partial charge in [-0.3, -0.25) is 4.72 Å². The molecule has 0 saturated heterocycles. The van der Waals surface area contributed by atoms with E-state index in [1.54, 1.807) is 18.5 Å². The van der Waals surface area contributed by atoms with Crippen LogP contribution >= 0.6 is 11.6 Å². The van der Waals surface area contributed by atoms with Gasteiger partial charge in [0.05, 0.1) is 5.69 Å². The largest absolute Gasteiger partial charge is 0.337 e. The van der Waals surface area contributed by atoms with E-state index in [-0.39, 0.29) is 10.2 Å². The molecule has 6 nitrogen and oxygen atoms in total. The number of sulfonamides is 1. The van der Waals surface area contributed by atoms with Gasteiger partial charge in [0.2, 0.25) is 0 Å². The molecule has 0 unspecified atom stereocenters. The number of anilines is 1. The second-order valence-electron chi connectivity index (χ2n) is 3.71. The second-order valence-corrected chi connectivity index (χ2v) is 5.73. The normalized spacial score (nSPS) is 11.5. The summed E-state index contributed by atoms with van der Waals surface area (Å²) in [7, 11) is -1.97. The van der Waals surface area contributed by atoms with Crippen LogP contribution in [-0.2, 0) is 17.1 Å². The van der Waals surface area contributed by atoms with Gasteiger partial charge in [-0.15, -0.1) is 0 Å². The van der Waals surface area contributed by atoms with Crippen LogP contribution in [0.15, 0.2) is 29.6 Å². The molecule has 0 radical (unpaired) electrons. The van der Waals surface area contributed by atoms with Crippen molar-refractivity contribution < 1.29 is 8.42 Å². The number of nitrogens with zero attached hydrogens (tertiary/aromatic N) is 3. The van der Waals surface area contributed by atoms with Crippen LogP contribution in [0.5, 0.6) is 0 Å². The summed E-state index contributed by atoms with van der Waals surface area (Å²) in [5, 5.41) is 0.183. The van der Waals surface area contributed by atoms with Gasteiger partial charge in [0.25, 0.3) is 10.0 Å². The van der Waals surface area contributed by atoms with Crippen molar-refractivity contribution in [1.29, 1.82) is 0 Å². The summed E-state index contributed by atoms with van der Waals surface area (Å²) in [5.41, 5.74) is 0.346. The SMILES string of the molecule is Cc1nc(S(=O)(=O)Nc2ccnc(Cl)c2)cn1C. The maximum atomic E-state index is 12.0. The molecular weight excluding hydrogens is 276 g/mol. The second kappa shape index (κ2) is 4.58. The third kappa shape index (κ3) is 2.62. The van der Waals surface area contributed by atoms with E-state index >= 15 is 0 Å². The van der Waals surface area contributed by atoms with Crippen LogP contribution < -0.4 is 4.72 Å². The van der Waals surface area contributed by atoms with Gasteiger partial charge in [0.15, 0.2) is 5.03 Å². The molecule has 18 heavy (non-hydrogen) atoms. The molecule has 2 heterocycles. The molecule has 0 spiro atoms. The van der Waals surface area contributed by atoms with E-state index in [2.05, 4.69) is 14.7 Å². The lowest BCUT2D eigenvalue weighted by Crippen LogP contribution is -2.13. The van der Waals surface area contributed by atoms with Gasteiger partial charge in [0, 0.05) is 19.4 Å². The Morgan fingerprint density at radius 1 is 1.44 bits per heavy atom. The highest BCUT2D eigenvalue weighted by Gasteiger charge is 2.18. The van der Waals surface area contributed by atoms with Gasteiger partial charge in [-0.2, -0.15) is 8.42 Å². The lowest BCUT2D eigenvalue weighted by molar-refractivity contribution is 0.598. The fraction of sp³-hybridized carbons (Fsp3) is 0.200. The molecule has 0 saturated carbocycles. The van der Waals surface area contributed by atoms with Crippen LogP contribution in [0.1, 0.15) is 5.82 Å². The third-order valence-corrected chi connectivity index (χ3v) is 3.80. The number of pyridine rings is 1. The van der Waals surface area contributed by atoms with Crippen molar-refractivity contribution in [2.24, 2.45) is 7.05 Å². The molecule has 0 aliphatic rings. The van der Waals surface area contributed by atoms with E-state index in [0.29, 0.717) is 11.5 Å². The fourth-order valence-corrected chi connectivity index (χ4v) is 2.59. The number of halogens is 1. The summed E-state index contributed by atoms with van der Waals surface area (Å²) >= 11 is 5.68. The topological polar surface area (TPSA) is 76.9 Å². The van der Waals surface area contributed by atoms with Crippen LogP contribution in [0.2, 0.25) is 5.15 Å². The molecule has 0 amide bonds. The highest BCUT2D eigenvalue weighted by molar-refractivity contribution is 7.92. The zero-order valence-electron chi connectivity index (χ0n) is 9.75. The van der Waals surface area contributed by atoms with Crippen molar-refractivity contribution in [1.82, 2.24) is 14.5 Å². The Morgan fingerprint density at radius 2 is 2.17 bits per heavy atom. The predicted octanol–water partition coefficient (Wildman–Crippen LogP) is 1.58. The first-order valence-corrected chi connectivity index (χ1v) is 6.89. The summed E-state index contributed by atoms with van der Waals surface area (Å²) in [4.78, 5) is 7.74. The third-order valence-electron chi connectivity index (χ3n) is 2.34. The van der Waals surface area contributed by atoms with Crippen molar-refractivity contribution in [2.45, 2.75) is 11.9 Å². The van der Waals surface area contributed by atoms with Gasteiger partial charge in [-0.05, 0) is 19.1 Å². The Bertz CT molecular complexity index is 661. The Labute approximate surface area is 110 Å². The number of nitrogens with one attached hydrogen (secondary N) is 1. The van der Waals surface area contributed by atoms with E-state index in [4.69, 9.17) is 11.6 Å². The average Bonchev–Trinajstić information content (AvgIpc) is 2.59. The maximum absolute atomic E-state index is 12.0. The molecule has 0 aliphatic heterocycles. The zero-order chi connectivity index (χ0) is 13.3. The van der Waals surface area contributed by atoms with Gasteiger partial charge in [0.1, 0.15) is 11.0 Å². The summed E-state index contributed by atoms with van der Waals surface area (Å²) in [5.74, 6) is 0.614. The Morgan fingerprint density at radius 3 is 2.72 bits per heavy atom. The molecular formula is C10H11ClN4O2S. The number of hydrogen-bond donors (Lipinski definition) is 1. The molecule has 0 aliphatic carbocycles. The van der Waals surface area contributed by atoms with Gasteiger partial charge >= 0.3 is 0 Å².